The molecule has 37 heavy (non-hydrogen) atoms. The Bertz CT molecular complexity index is 1540. The van der Waals surface area contributed by atoms with E-state index in [0.29, 0.717) is 24.1 Å². The molecule has 1 aromatic heterocycles. The van der Waals surface area contributed by atoms with Crippen molar-refractivity contribution in [3.63, 3.8) is 0 Å². The second-order valence-corrected chi connectivity index (χ2v) is 10.2. The predicted octanol–water partition coefficient (Wildman–Crippen LogP) is 4.44. The van der Waals surface area contributed by atoms with Crippen LogP contribution in [0.1, 0.15) is 52.7 Å². The van der Waals surface area contributed by atoms with E-state index in [9.17, 15) is 14.7 Å². The van der Waals surface area contributed by atoms with Crippen molar-refractivity contribution in [1.82, 2.24) is 14.9 Å². The highest BCUT2D eigenvalue weighted by atomic mass is 16.3. The van der Waals surface area contributed by atoms with E-state index in [4.69, 9.17) is 4.98 Å². The van der Waals surface area contributed by atoms with Crippen molar-refractivity contribution in [3.05, 3.63) is 123 Å². The Morgan fingerprint density at radius 1 is 1.00 bits per heavy atom. The summed E-state index contributed by atoms with van der Waals surface area (Å²) in [5.74, 6) is 0.314. The summed E-state index contributed by atoms with van der Waals surface area (Å²) >= 11 is 0. The Morgan fingerprint density at radius 2 is 1.73 bits per heavy atom. The van der Waals surface area contributed by atoms with Gasteiger partial charge in [0, 0.05) is 13.0 Å². The van der Waals surface area contributed by atoms with Crippen LogP contribution in [0, 0.1) is 6.92 Å². The van der Waals surface area contributed by atoms with E-state index in [0.717, 1.165) is 41.1 Å². The zero-order valence-corrected chi connectivity index (χ0v) is 20.8. The van der Waals surface area contributed by atoms with Crippen LogP contribution >= 0.6 is 0 Å². The summed E-state index contributed by atoms with van der Waals surface area (Å²) < 4.78 is 0. The fourth-order valence-corrected chi connectivity index (χ4v) is 5.41. The molecule has 1 fully saturated rings. The number of rotatable bonds is 5. The van der Waals surface area contributed by atoms with Crippen molar-refractivity contribution >= 4 is 5.91 Å². The van der Waals surface area contributed by atoms with Crippen LogP contribution in [0.15, 0.2) is 83.7 Å². The molecule has 1 saturated carbocycles. The van der Waals surface area contributed by atoms with Crippen molar-refractivity contribution in [2.75, 3.05) is 6.54 Å². The fraction of sp³-hybridized carbons (Fsp3) is 0.258. The summed E-state index contributed by atoms with van der Waals surface area (Å²) in [5.41, 5.74) is 5.66. The Balaban J connectivity index is 1.23. The van der Waals surface area contributed by atoms with E-state index in [-0.39, 0.29) is 17.5 Å². The molecule has 4 aromatic rings. The number of fused-ring (bicyclic) bond motifs is 1. The van der Waals surface area contributed by atoms with Gasteiger partial charge in [-0.1, -0.05) is 78.4 Å². The van der Waals surface area contributed by atoms with Crippen LogP contribution in [-0.2, 0) is 23.2 Å². The van der Waals surface area contributed by atoms with Crippen LogP contribution in [-0.4, -0.2) is 32.4 Å². The normalized spacial score (nSPS) is 16.6. The molecule has 0 radical (unpaired) electrons. The third-order valence-corrected chi connectivity index (χ3v) is 7.70. The lowest BCUT2D eigenvalue weighted by Gasteiger charge is -2.30. The van der Waals surface area contributed by atoms with Crippen molar-refractivity contribution in [2.45, 2.75) is 44.2 Å². The van der Waals surface area contributed by atoms with E-state index in [1.807, 2.05) is 61.5 Å². The molecule has 0 bridgehead atoms. The number of aryl methyl sites for hydroxylation is 1. The predicted molar refractivity (Wildman–Crippen MR) is 142 cm³/mol. The Labute approximate surface area is 215 Å². The highest BCUT2D eigenvalue weighted by Crippen LogP contribution is 2.51. The summed E-state index contributed by atoms with van der Waals surface area (Å²) in [6.45, 7) is 2.59. The molecule has 1 atom stereocenters. The van der Waals surface area contributed by atoms with E-state index < -0.39 is 12.0 Å². The number of hydrogen-bond acceptors (Lipinski definition) is 4. The molecule has 6 heteroatoms. The van der Waals surface area contributed by atoms with E-state index >= 15 is 0 Å². The maximum atomic E-state index is 13.3. The van der Waals surface area contributed by atoms with Gasteiger partial charge in [-0.05, 0) is 48.1 Å². The monoisotopic (exact) mass is 491 g/mol. The molecule has 2 N–H and O–H groups in total. The first-order valence-electron chi connectivity index (χ1n) is 12.8. The number of aliphatic hydroxyl groups excluding tert-OH is 1. The fourth-order valence-electron chi connectivity index (χ4n) is 5.41. The van der Waals surface area contributed by atoms with Gasteiger partial charge in [-0.3, -0.25) is 9.59 Å². The van der Waals surface area contributed by atoms with Crippen molar-refractivity contribution in [3.8, 4) is 11.1 Å². The first kappa shape index (κ1) is 23.4. The lowest BCUT2D eigenvalue weighted by atomic mass is 9.94. The average Bonchev–Trinajstić information content (AvgIpc) is 3.75. The first-order valence-corrected chi connectivity index (χ1v) is 12.8. The number of aliphatic hydroxyl groups is 1. The topological polar surface area (TPSA) is 86.3 Å². The summed E-state index contributed by atoms with van der Waals surface area (Å²) in [6, 6.07) is 25.7. The number of carbonyl (C=O) groups is 1. The number of nitrogens with one attached hydrogen (secondary N) is 1. The van der Waals surface area contributed by atoms with Gasteiger partial charge in [-0.15, -0.1) is 0 Å². The molecule has 3 aromatic carbocycles. The van der Waals surface area contributed by atoms with Crippen molar-refractivity contribution in [2.24, 2.45) is 0 Å². The molecule has 1 aliphatic carbocycles. The smallest absolute Gasteiger partial charge is 0.256 e. The highest BCUT2D eigenvalue weighted by molar-refractivity contribution is 5.83. The SMILES string of the molecule is Cc1cccc(-c2cccc(C(O)C(=O)N3CCc4nc(C5(c6ccccc6)CC5)[nH]c(=O)c4C3)c2)c1. The molecule has 186 valence electrons. The second-order valence-electron chi connectivity index (χ2n) is 10.2. The number of hydrogen-bond donors (Lipinski definition) is 2. The van der Waals surface area contributed by atoms with Crippen LogP contribution < -0.4 is 5.56 Å². The zero-order chi connectivity index (χ0) is 25.6. The maximum absolute atomic E-state index is 13.3. The Morgan fingerprint density at radius 3 is 2.46 bits per heavy atom. The third-order valence-electron chi connectivity index (χ3n) is 7.70. The minimum atomic E-state index is -1.30. The zero-order valence-electron chi connectivity index (χ0n) is 20.8. The number of benzene rings is 3. The van der Waals surface area contributed by atoms with Crippen molar-refractivity contribution < 1.29 is 9.90 Å². The number of H-pyrrole nitrogens is 1. The lowest BCUT2D eigenvalue weighted by molar-refractivity contribution is -0.141. The molecule has 0 spiro atoms. The average molecular weight is 492 g/mol. The van der Waals surface area contributed by atoms with Gasteiger partial charge in [0.25, 0.3) is 11.5 Å². The molecule has 6 nitrogen and oxygen atoms in total. The van der Waals surface area contributed by atoms with Gasteiger partial charge in [0.2, 0.25) is 0 Å². The number of nitrogens with zero attached hydrogens (tertiary/aromatic N) is 2. The Kier molecular flexibility index (Phi) is 5.76. The summed E-state index contributed by atoms with van der Waals surface area (Å²) in [7, 11) is 0. The summed E-state index contributed by atoms with van der Waals surface area (Å²) in [6.07, 6.45) is 1.10. The molecule has 1 aliphatic heterocycles. The van der Waals surface area contributed by atoms with Gasteiger partial charge in [-0.2, -0.15) is 0 Å². The number of aromatic nitrogens is 2. The van der Waals surface area contributed by atoms with Gasteiger partial charge in [0.1, 0.15) is 5.82 Å². The molecule has 1 unspecified atom stereocenters. The second kappa shape index (κ2) is 9.12. The molecule has 6 rings (SSSR count). The largest absolute Gasteiger partial charge is 0.378 e. The molecule has 2 aliphatic rings. The van der Waals surface area contributed by atoms with Crippen LogP contribution in [0.4, 0.5) is 0 Å². The number of amides is 1. The van der Waals surface area contributed by atoms with E-state index in [1.54, 1.807) is 11.0 Å². The van der Waals surface area contributed by atoms with Gasteiger partial charge in [0.05, 0.1) is 23.2 Å². The van der Waals surface area contributed by atoms with Crippen LogP contribution in [0.2, 0.25) is 0 Å². The minimum Gasteiger partial charge on any atom is -0.378 e. The minimum absolute atomic E-state index is 0.143. The highest BCUT2D eigenvalue weighted by Gasteiger charge is 2.48. The lowest BCUT2D eigenvalue weighted by Crippen LogP contribution is -2.42. The van der Waals surface area contributed by atoms with Gasteiger partial charge < -0.3 is 15.0 Å². The standard InChI is InChI=1S/C31H29N3O3/c1-20-7-5-8-21(17-20)22-9-6-10-23(18-22)27(35)29(37)34-16-13-26-25(19-34)28(36)33-30(32-26)31(14-15-31)24-11-3-2-4-12-24/h2-12,17-18,27,35H,13-16,19H2,1H3,(H,32,33,36). The molecule has 2 heterocycles. The van der Waals surface area contributed by atoms with Crippen LogP contribution in [0.25, 0.3) is 11.1 Å². The quantitative estimate of drug-likeness (QED) is 0.432. The molecule has 0 saturated heterocycles. The van der Waals surface area contributed by atoms with E-state index in [1.165, 1.54) is 5.56 Å². The number of carbonyl (C=O) groups excluding carboxylic acids is 1. The third kappa shape index (κ3) is 4.27. The van der Waals surface area contributed by atoms with Gasteiger partial charge in [-0.25, -0.2) is 4.98 Å². The van der Waals surface area contributed by atoms with Gasteiger partial charge >= 0.3 is 0 Å². The van der Waals surface area contributed by atoms with Crippen LogP contribution in [0.5, 0.6) is 0 Å². The number of aromatic amines is 1. The van der Waals surface area contributed by atoms with E-state index in [2.05, 4.69) is 23.2 Å². The molecular weight excluding hydrogens is 462 g/mol. The van der Waals surface area contributed by atoms with Crippen molar-refractivity contribution in [1.29, 1.82) is 0 Å². The molecule has 1 amide bonds. The maximum Gasteiger partial charge on any atom is 0.256 e. The molecular formula is C31H29N3O3. The van der Waals surface area contributed by atoms with Gasteiger partial charge in [0.15, 0.2) is 6.10 Å². The van der Waals surface area contributed by atoms with Crippen LogP contribution in [0.3, 0.4) is 0 Å². The first-order chi connectivity index (χ1) is 17.9. The Hall–Kier alpha value is -4.03. The summed E-state index contributed by atoms with van der Waals surface area (Å²) in [5, 5.41) is 11.0. The summed E-state index contributed by atoms with van der Waals surface area (Å²) in [4.78, 5) is 35.9.